The quantitative estimate of drug-likeness (QED) is 0.823. The Morgan fingerprint density at radius 2 is 2.23 bits per heavy atom. The normalized spacial score (nSPS) is 14.3. The van der Waals surface area contributed by atoms with Crippen LogP contribution in [0.15, 0.2) is 11.2 Å². The standard InChI is InChI=1S/C14H20N6OS/c1-4-20-13(10-5-6-10)16-17-14(20)22-8-12(21)15-11-7-9(2)18-19(11)3/h7,10H,4-6,8H2,1-3H3,(H,15,21). The monoisotopic (exact) mass is 320 g/mol. The van der Waals surface area contributed by atoms with Crippen LogP contribution in [0.1, 0.15) is 37.2 Å². The number of anilines is 1. The summed E-state index contributed by atoms with van der Waals surface area (Å²) in [5.74, 6) is 2.58. The molecule has 2 heterocycles. The fourth-order valence-electron chi connectivity index (χ4n) is 2.38. The fourth-order valence-corrected chi connectivity index (χ4v) is 3.19. The molecule has 8 heteroatoms. The molecule has 0 atom stereocenters. The van der Waals surface area contributed by atoms with Gasteiger partial charge in [-0.2, -0.15) is 5.10 Å². The molecule has 2 aromatic rings. The summed E-state index contributed by atoms with van der Waals surface area (Å²) in [5, 5.41) is 16.4. The zero-order valence-electron chi connectivity index (χ0n) is 13.0. The molecule has 0 unspecified atom stereocenters. The first-order valence-corrected chi connectivity index (χ1v) is 8.43. The molecule has 0 saturated heterocycles. The van der Waals surface area contributed by atoms with Crippen molar-refractivity contribution in [2.24, 2.45) is 7.05 Å². The summed E-state index contributed by atoms with van der Waals surface area (Å²) < 4.78 is 3.78. The summed E-state index contributed by atoms with van der Waals surface area (Å²) in [6.07, 6.45) is 2.40. The summed E-state index contributed by atoms with van der Waals surface area (Å²) in [7, 11) is 1.81. The Balaban J connectivity index is 1.60. The Hall–Kier alpha value is -1.83. The van der Waals surface area contributed by atoms with Gasteiger partial charge in [0.15, 0.2) is 5.16 Å². The van der Waals surface area contributed by atoms with Crippen LogP contribution in [0, 0.1) is 6.92 Å². The van der Waals surface area contributed by atoms with Gasteiger partial charge in [0.2, 0.25) is 5.91 Å². The van der Waals surface area contributed by atoms with E-state index >= 15 is 0 Å². The number of rotatable bonds is 6. The molecule has 1 N–H and O–H groups in total. The van der Waals surface area contributed by atoms with Gasteiger partial charge in [-0.05, 0) is 26.7 Å². The van der Waals surface area contributed by atoms with E-state index in [1.165, 1.54) is 24.6 Å². The van der Waals surface area contributed by atoms with Crippen LogP contribution in [-0.2, 0) is 18.4 Å². The summed E-state index contributed by atoms with van der Waals surface area (Å²) in [6, 6.07) is 1.85. The molecule has 1 fully saturated rings. The third-order valence-corrected chi connectivity index (χ3v) is 4.57. The van der Waals surface area contributed by atoms with Crippen LogP contribution in [0.5, 0.6) is 0 Å². The van der Waals surface area contributed by atoms with Gasteiger partial charge in [0.05, 0.1) is 11.4 Å². The molecule has 1 aliphatic rings. The second-order valence-electron chi connectivity index (χ2n) is 5.49. The molecular formula is C14H20N6OS. The Morgan fingerprint density at radius 1 is 1.45 bits per heavy atom. The van der Waals surface area contributed by atoms with Gasteiger partial charge in [0.1, 0.15) is 11.6 Å². The number of aromatic nitrogens is 5. The van der Waals surface area contributed by atoms with E-state index in [9.17, 15) is 4.79 Å². The summed E-state index contributed by atoms with van der Waals surface area (Å²) in [4.78, 5) is 12.1. The Bertz CT molecular complexity index is 688. The van der Waals surface area contributed by atoms with Gasteiger partial charge in [-0.1, -0.05) is 11.8 Å². The van der Waals surface area contributed by atoms with E-state index in [0.717, 1.165) is 23.2 Å². The predicted molar refractivity (Wildman–Crippen MR) is 85.0 cm³/mol. The molecule has 1 aliphatic carbocycles. The van der Waals surface area contributed by atoms with Crippen molar-refractivity contribution in [3.05, 3.63) is 17.6 Å². The summed E-state index contributed by atoms with van der Waals surface area (Å²) >= 11 is 1.43. The maximum absolute atomic E-state index is 12.1. The van der Waals surface area contributed by atoms with Gasteiger partial charge < -0.3 is 9.88 Å². The maximum atomic E-state index is 12.1. The van der Waals surface area contributed by atoms with Crippen LogP contribution < -0.4 is 5.32 Å². The molecule has 0 aliphatic heterocycles. The minimum absolute atomic E-state index is 0.0633. The summed E-state index contributed by atoms with van der Waals surface area (Å²) in [6.45, 7) is 4.81. The van der Waals surface area contributed by atoms with Crippen molar-refractivity contribution in [2.45, 2.75) is 44.3 Å². The van der Waals surface area contributed by atoms with Gasteiger partial charge in [-0.15, -0.1) is 10.2 Å². The van der Waals surface area contributed by atoms with E-state index in [4.69, 9.17) is 0 Å². The summed E-state index contributed by atoms with van der Waals surface area (Å²) in [5.41, 5.74) is 0.880. The molecule has 1 saturated carbocycles. The maximum Gasteiger partial charge on any atom is 0.235 e. The van der Waals surface area contributed by atoms with Crippen LogP contribution in [-0.4, -0.2) is 36.2 Å². The second-order valence-corrected chi connectivity index (χ2v) is 6.43. The molecular weight excluding hydrogens is 300 g/mol. The van der Waals surface area contributed by atoms with E-state index in [1.54, 1.807) is 4.68 Å². The molecule has 2 aromatic heterocycles. The molecule has 0 aromatic carbocycles. The van der Waals surface area contributed by atoms with Crippen molar-refractivity contribution >= 4 is 23.5 Å². The lowest BCUT2D eigenvalue weighted by atomic mass is 10.4. The number of hydrogen-bond acceptors (Lipinski definition) is 5. The topological polar surface area (TPSA) is 77.6 Å². The number of aryl methyl sites for hydroxylation is 2. The number of nitrogens with one attached hydrogen (secondary N) is 1. The zero-order valence-corrected chi connectivity index (χ0v) is 13.9. The Morgan fingerprint density at radius 3 is 2.82 bits per heavy atom. The fraction of sp³-hybridized carbons (Fsp3) is 0.571. The van der Waals surface area contributed by atoms with E-state index in [2.05, 4.69) is 32.1 Å². The van der Waals surface area contributed by atoms with Gasteiger partial charge >= 0.3 is 0 Å². The highest BCUT2D eigenvalue weighted by Gasteiger charge is 2.30. The molecule has 1 amide bonds. The van der Waals surface area contributed by atoms with Crippen LogP contribution in [0.2, 0.25) is 0 Å². The first kappa shape index (κ1) is 15.1. The number of amides is 1. The van der Waals surface area contributed by atoms with E-state index in [0.29, 0.717) is 17.5 Å². The highest BCUT2D eigenvalue weighted by Crippen LogP contribution is 2.39. The zero-order chi connectivity index (χ0) is 15.7. The van der Waals surface area contributed by atoms with E-state index in [-0.39, 0.29) is 5.91 Å². The largest absolute Gasteiger partial charge is 0.310 e. The third kappa shape index (κ3) is 3.16. The van der Waals surface area contributed by atoms with Gasteiger partial charge in [-0.3, -0.25) is 9.48 Å². The lowest BCUT2D eigenvalue weighted by Crippen LogP contribution is -2.17. The molecule has 3 rings (SSSR count). The number of carbonyl (C=O) groups is 1. The van der Waals surface area contributed by atoms with E-state index in [1.807, 2.05) is 20.0 Å². The minimum Gasteiger partial charge on any atom is -0.310 e. The lowest BCUT2D eigenvalue weighted by molar-refractivity contribution is -0.113. The lowest BCUT2D eigenvalue weighted by Gasteiger charge is -2.07. The van der Waals surface area contributed by atoms with Gasteiger partial charge in [0.25, 0.3) is 0 Å². The minimum atomic E-state index is -0.0633. The number of thioether (sulfide) groups is 1. The molecule has 0 radical (unpaired) electrons. The van der Waals surface area contributed by atoms with Gasteiger partial charge in [0, 0.05) is 25.6 Å². The molecule has 0 bridgehead atoms. The number of hydrogen-bond donors (Lipinski definition) is 1. The van der Waals surface area contributed by atoms with E-state index < -0.39 is 0 Å². The van der Waals surface area contributed by atoms with Crippen molar-refractivity contribution in [1.82, 2.24) is 24.5 Å². The highest BCUT2D eigenvalue weighted by molar-refractivity contribution is 7.99. The predicted octanol–water partition coefficient (Wildman–Crippen LogP) is 1.95. The van der Waals surface area contributed by atoms with Crippen molar-refractivity contribution in [3.8, 4) is 0 Å². The third-order valence-electron chi connectivity index (χ3n) is 3.61. The average Bonchev–Trinajstić information content (AvgIpc) is 3.16. The Kier molecular flexibility index (Phi) is 4.19. The molecule has 7 nitrogen and oxygen atoms in total. The average molecular weight is 320 g/mol. The van der Waals surface area contributed by atoms with Crippen LogP contribution >= 0.6 is 11.8 Å². The number of carbonyl (C=O) groups excluding carboxylic acids is 1. The Labute approximate surface area is 133 Å². The smallest absolute Gasteiger partial charge is 0.235 e. The molecule has 22 heavy (non-hydrogen) atoms. The van der Waals surface area contributed by atoms with Crippen molar-refractivity contribution in [2.75, 3.05) is 11.1 Å². The van der Waals surface area contributed by atoms with Crippen molar-refractivity contribution in [3.63, 3.8) is 0 Å². The van der Waals surface area contributed by atoms with Crippen molar-refractivity contribution < 1.29 is 4.79 Å². The first-order valence-electron chi connectivity index (χ1n) is 7.45. The first-order chi connectivity index (χ1) is 10.6. The molecule has 118 valence electrons. The van der Waals surface area contributed by atoms with Gasteiger partial charge in [-0.25, -0.2) is 0 Å². The van der Waals surface area contributed by atoms with Crippen molar-refractivity contribution in [1.29, 1.82) is 0 Å². The molecule has 0 spiro atoms. The highest BCUT2D eigenvalue weighted by atomic mass is 32.2. The van der Waals surface area contributed by atoms with Crippen LogP contribution in [0.4, 0.5) is 5.82 Å². The number of nitrogens with zero attached hydrogens (tertiary/aromatic N) is 5. The van der Waals surface area contributed by atoms with Crippen LogP contribution in [0.3, 0.4) is 0 Å². The SMILES string of the molecule is CCn1c(SCC(=O)Nc2cc(C)nn2C)nnc1C1CC1. The second kappa shape index (κ2) is 6.12. The van der Waals surface area contributed by atoms with Crippen LogP contribution in [0.25, 0.3) is 0 Å².